The second-order valence-corrected chi connectivity index (χ2v) is 6.29. The lowest BCUT2D eigenvalue weighted by Gasteiger charge is -2.29. The Morgan fingerprint density at radius 2 is 1.96 bits per heavy atom. The van der Waals surface area contributed by atoms with E-state index in [1.54, 1.807) is 20.8 Å². The van der Waals surface area contributed by atoms with E-state index in [4.69, 9.17) is 9.47 Å². The summed E-state index contributed by atoms with van der Waals surface area (Å²) in [6, 6.07) is 7.41. The first-order chi connectivity index (χ1) is 13.2. The first-order valence-corrected chi connectivity index (χ1v) is 8.36. The van der Waals surface area contributed by atoms with E-state index in [-0.39, 0.29) is 22.5 Å². The molecule has 0 aliphatic carbocycles. The number of nitro groups is 1. The SMILES string of the molecule is COC(=O)C1=C(C#N)NC(C)=C(C(=O)OC(C)C)[C@@H]1c1cccc([N+](=O)[O-])c1. The van der Waals surface area contributed by atoms with Gasteiger partial charge < -0.3 is 14.8 Å². The molecular formula is C19H19N3O6. The van der Waals surface area contributed by atoms with Crippen LogP contribution in [0.25, 0.3) is 0 Å². The molecule has 0 aromatic heterocycles. The van der Waals surface area contributed by atoms with Gasteiger partial charge in [0.25, 0.3) is 5.69 Å². The summed E-state index contributed by atoms with van der Waals surface area (Å²) in [5.41, 5.74) is 0.251. The maximum Gasteiger partial charge on any atom is 0.337 e. The number of nitro benzene ring substituents is 1. The first-order valence-electron chi connectivity index (χ1n) is 8.36. The van der Waals surface area contributed by atoms with Crippen LogP contribution in [0.1, 0.15) is 32.3 Å². The quantitative estimate of drug-likeness (QED) is 0.464. The number of carbonyl (C=O) groups excluding carboxylic acids is 2. The van der Waals surface area contributed by atoms with E-state index >= 15 is 0 Å². The van der Waals surface area contributed by atoms with Crippen molar-refractivity contribution < 1.29 is 24.0 Å². The van der Waals surface area contributed by atoms with Crippen LogP contribution in [0.2, 0.25) is 0 Å². The molecule has 0 radical (unpaired) electrons. The second-order valence-electron chi connectivity index (χ2n) is 6.29. The number of dihydropyridines is 1. The number of allylic oxidation sites excluding steroid dienone is 2. The van der Waals surface area contributed by atoms with Gasteiger partial charge in [-0.15, -0.1) is 0 Å². The van der Waals surface area contributed by atoms with Crippen molar-refractivity contribution in [3.8, 4) is 6.07 Å². The largest absolute Gasteiger partial charge is 0.466 e. The van der Waals surface area contributed by atoms with Crippen LogP contribution < -0.4 is 5.32 Å². The zero-order valence-electron chi connectivity index (χ0n) is 15.8. The van der Waals surface area contributed by atoms with E-state index in [1.165, 1.54) is 24.3 Å². The molecule has 1 aromatic carbocycles. The van der Waals surface area contributed by atoms with Gasteiger partial charge in [-0.25, -0.2) is 9.59 Å². The smallest absolute Gasteiger partial charge is 0.337 e. The number of nitrogens with zero attached hydrogens (tertiary/aromatic N) is 2. The monoisotopic (exact) mass is 385 g/mol. The molecular weight excluding hydrogens is 366 g/mol. The van der Waals surface area contributed by atoms with E-state index in [9.17, 15) is 25.0 Å². The minimum Gasteiger partial charge on any atom is -0.466 e. The highest BCUT2D eigenvalue weighted by Crippen LogP contribution is 2.40. The highest BCUT2D eigenvalue weighted by Gasteiger charge is 2.39. The number of esters is 2. The zero-order valence-corrected chi connectivity index (χ0v) is 15.8. The maximum absolute atomic E-state index is 12.8. The van der Waals surface area contributed by atoms with E-state index in [0.717, 1.165) is 7.11 Å². The van der Waals surface area contributed by atoms with Gasteiger partial charge in [-0.05, 0) is 26.3 Å². The number of hydrogen-bond acceptors (Lipinski definition) is 8. The van der Waals surface area contributed by atoms with Gasteiger partial charge in [-0.1, -0.05) is 12.1 Å². The van der Waals surface area contributed by atoms with Crippen LogP contribution in [0, 0.1) is 21.4 Å². The molecule has 0 spiro atoms. The molecule has 9 nitrogen and oxygen atoms in total. The lowest BCUT2D eigenvalue weighted by atomic mass is 9.80. The summed E-state index contributed by atoms with van der Waals surface area (Å²) in [5, 5.41) is 23.4. The average Bonchev–Trinajstić information content (AvgIpc) is 2.65. The van der Waals surface area contributed by atoms with Crippen LogP contribution in [0.5, 0.6) is 0 Å². The fourth-order valence-electron chi connectivity index (χ4n) is 2.95. The maximum atomic E-state index is 12.8. The lowest BCUT2D eigenvalue weighted by Crippen LogP contribution is -2.33. The Morgan fingerprint density at radius 3 is 2.50 bits per heavy atom. The van der Waals surface area contributed by atoms with Gasteiger partial charge in [-0.2, -0.15) is 5.26 Å². The lowest BCUT2D eigenvalue weighted by molar-refractivity contribution is -0.384. The summed E-state index contributed by atoms with van der Waals surface area (Å²) in [7, 11) is 1.14. The van der Waals surface area contributed by atoms with Crippen LogP contribution in [-0.2, 0) is 19.1 Å². The van der Waals surface area contributed by atoms with Crippen molar-refractivity contribution in [2.45, 2.75) is 32.8 Å². The number of nitrogens with one attached hydrogen (secondary N) is 1. The summed E-state index contributed by atoms with van der Waals surface area (Å²) in [6.45, 7) is 4.90. The minimum absolute atomic E-state index is 0.0774. The number of rotatable bonds is 5. The van der Waals surface area contributed by atoms with Crippen LogP contribution in [0.3, 0.4) is 0 Å². The number of carbonyl (C=O) groups is 2. The van der Waals surface area contributed by atoms with E-state index < -0.39 is 28.9 Å². The van der Waals surface area contributed by atoms with Crippen LogP contribution in [0.4, 0.5) is 5.69 Å². The number of non-ortho nitro benzene ring substituents is 1. The Balaban J connectivity index is 2.76. The summed E-state index contributed by atoms with van der Waals surface area (Å²) in [6.07, 6.45) is -0.429. The van der Waals surface area contributed by atoms with Crippen molar-refractivity contribution in [1.82, 2.24) is 5.32 Å². The van der Waals surface area contributed by atoms with E-state index in [0.29, 0.717) is 11.3 Å². The van der Waals surface area contributed by atoms with Gasteiger partial charge in [0, 0.05) is 17.8 Å². The molecule has 1 aliphatic rings. The molecule has 0 bridgehead atoms. The van der Waals surface area contributed by atoms with Gasteiger partial charge in [-0.3, -0.25) is 10.1 Å². The first kappa shape index (κ1) is 20.6. The van der Waals surface area contributed by atoms with E-state index in [1.807, 2.05) is 6.07 Å². The van der Waals surface area contributed by atoms with E-state index in [2.05, 4.69) is 5.32 Å². The molecule has 2 rings (SSSR count). The number of hydrogen-bond donors (Lipinski definition) is 1. The Hall–Kier alpha value is -3.67. The molecule has 0 saturated heterocycles. The number of benzene rings is 1. The van der Waals surface area contributed by atoms with Gasteiger partial charge in [0.1, 0.15) is 11.8 Å². The molecule has 0 amide bonds. The fraction of sp³-hybridized carbons (Fsp3) is 0.316. The molecule has 0 fully saturated rings. The third-order valence-corrected chi connectivity index (χ3v) is 4.06. The standard InChI is InChI=1S/C19H19N3O6/c1-10(2)28-19(24)15-11(3)21-14(9-20)17(18(23)27-4)16(15)12-6-5-7-13(8-12)22(25)26/h5-8,10,16,21H,1-4H3/t16-/m0/s1. The molecule has 1 aliphatic heterocycles. The summed E-state index contributed by atoms with van der Waals surface area (Å²) in [4.78, 5) is 35.8. The Kier molecular flexibility index (Phi) is 6.15. The zero-order chi connectivity index (χ0) is 21.0. The molecule has 1 N–H and O–H groups in total. The van der Waals surface area contributed by atoms with Crippen molar-refractivity contribution in [2.24, 2.45) is 0 Å². The van der Waals surface area contributed by atoms with Crippen LogP contribution in [-0.4, -0.2) is 30.1 Å². The van der Waals surface area contributed by atoms with Gasteiger partial charge >= 0.3 is 11.9 Å². The minimum atomic E-state index is -1.06. The summed E-state index contributed by atoms with van der Waals surface area (Å²) >= 11 is 0. The van der Waals surface area contributed by atoms with Crippen molar-refractivity contribution in [3.63, 3.8) is 0 Å². The van der Waals surface area contributed by atoms with Crippen molar-refractivity contribution in [1.29, 1.82) is 5.26 Å². The average molecular weight is 385 g/mol. The highest BCUT2D eigenvalue weighted by atomic mass is 16.6. The van der Waals surface area contributed by atoms with Gasteiger partial charge in [0.15, 0.2) is 0 Å². The molecule has 1 aromatic rings. The summed E-state index contributed by atoms with van der Waals surface area (Å²) < 4.78 is 10.1. The normalized spacial score (nSPS) is 16.4. The molecule has 0 unspecified atom stereocenters. The number of ether oxygens (including phenoxy) is 2. The topological polar surface area (TPSA) is 132 Å². The van der Waals surface area contributed by atoms with Crippen molar-refractivity contribution in [3.05, 3.63) is 62.5 Å². The molecule has 28 heavy (non-hydrogen) atoms. The van der Waals surface area contributed by atoms with Crippen LogP contribution >= 0.6 is 0 Å². The molecule has 9 heteroatoms. The Bertz CT molecular complexity index is 939. The van der Waals surface area contributed by atoms with Crippen molar-refractivity contribution >= 4 is 17.6 Å². The number of methoxy groups -OCH3 is 1. The third-order valence-electron chi connectivity index (χ3n) is 4.06. The van der Waals surface area contributed by atoms with Gasteiger partial charge in [0.05, 0.1) is 35.2 Å². The second kappa shape index (κ2) is 8.35. The fourth-order valence-corrected chi connectivity index (χ4v) is 2.95. The Labute approximate surface area is 161 Å². The molecule has 1 atom stereocenters. The predicted octanol–water partition coefficient (Wildman–Crippen LogP) is 2.46. The molecule has 1 heterocycles. The highest BCUT2D eigenvalue weighted by molar-refractivity contribution is 6.00. The number of nitriles is 1. The Morgan fingerprint density at radius 1 is 1.29 bits per heavy atom. The predicted molar refractivity (Wildman–Crippen MR) is 97.6 cm³/mol. The van der Waals surface area contributed by atoms with Crippen molar-refractivity contribution in [2.75, 3.05) is 7.11 Å². The summed E-state index contributed by atoms with van der Waals surface area (Å²) in [5.74, 6) is -2.59. The molecule has 0 saturated carbocycles. The molecule has 146 valence electrons. The van der Waals surface area contributed by atoms with Crippen LogP contribution in [0.15, 0.2) is 46.8 Å². The van der Waals surface area contributed by atoms with Gasteiger partial charge in [0.2, 0.25) is 0 Å². The third kappa shape index (κ3) is 4.01.